The second-order valence-electron chi connectivity index (χ2n) is 6.87. The van der Waals surface area contributed by atoms with Crippen LogP contribution >= 0.6 is 0 Å². The monoisotopic (exact) mass is 267 g/mol. The maximum Gasteiger partial charge on any atom is 0.302 e. The standard InChI is InChI=1S/C17H28O2/c1-12-7-8-15-16(3,4)9-6-10-17(15,5)14(12)11-19-13(2)18/h7,14-15H,6,8-11H2,1-5H3/t14-,15-,17+/m0/s1/i3D3/t14-,15-,16-,17+. The minimum absolute atomic E-state index is 0.102. The van der Waals surface area contributed by atoms with Gasteiger partial charge in [0.1, 0.15) is 0 Å². The summed E-state index contributed by atoms with van der Waals surface area (Å²) in [5.41, 5.74) is 0.455. The number of carbonyl (C=O) groups excluding carboxylic acids is 1. The molecule has 0 unspecified atom stereocenters. The fourth-order valence-electron chi connectivity index (χ4n) is 4.35. The molecule has 0 radical (unpaired) electrons. The van der Waals surface area contributed by atoms with Crippen molar-refractivity contribution >= 4 is 5.97 Å². The topological polar surface area (TPSA) is 26.3 Å². The van der Waals surface area contributed by atoms with Crippen molar-refractivity contribution in [3.8, 4) is 0 Å². The fraction of sp³-hybridized carbons (Fsp3) is 0.824. The summed E-state index contributed by atoms with van der Waals surface area (Å²) < 4.78 is 29.4. The summed E-state index contributed by atoms with van der Waals surface area (Å²) >= 11 is 0. The predicted octanol–water partition coefficient (Wildman–Crippen LogP) is 4.35. The first-order valence-electron chi connectivity index (χ1n) is 8.82. The largest absolute Gasteiger partial charge is 0.465 e. The molecule has 0 aliphatic heterocycles. The first-order valence-corrected chi connectivity index (χ1v) is 7.32. The lowest BCUT2D eigenvalue weighted by molar-refractivity contribution is -0.145. The number of allylic oxidation sites excluding steroid dienone is 1. The molecule has 0 bridgehead atoms. The van der Waals surface area contributed by atoms with Gasteiger partial charge in [0.15, 0.2) is 0 Å². The van der Waals surface area contributed by atoms with E-state index in [0.29, 0.717) is 6.61 Å². The Hall–Kier alpha value is -0.790. The van der Waals surface area contributed by atoms with Crippen molar-refractivity contribution < 1.29 is 13.6 Å². The normalized spacial score (nSPS) is 45.3. The quantitative estimate of drug-likeness (QED) is 0.549. The molecule has 108 valence electrons. The Balaban J connectivity index is 2.38. The maximum atomic E-state index is 11.2. The zero-order chi connectivity index (χ0) is 16.8. The molecule has 0 amide bonds. The highest BCUT2D eigenvalue weighted by atomic mass is 16.5. The molecule has 1 fully saturated rings. The Morgan fingerprint density at radius 3 is 2.89 bits per heavy atom. The minimum Gasteiger partial charge on any atom is -0.465 e. The molecule has 1 saturated carbocycles. The average Bonchev–Trinajstić information content (AvgIpc) is 2.35. The molecule has 0 aromatic carbocycles. The lowest BCUT2D eigenvalue weighted by atomic mass is 9.49. The van der Waals surface area contributed by atoms with Crippen molar-refractivity contribution in [1.82, 2.24) is 0 Å². The minimum atomic E-state index is -1.95. The molecule has 2 aliphatic rings. The first-order chi connectivity index (χ1) is 10.0. The number of carbonyl (C=O) groups is 1. The number of esters is 1. The number of hydrogen-bond donors (Lipinski definition) is 0. The number of ether oxygens (including phenoxy) is 1. The van der Waals surface area contributed by atoms with E-state index in [4.69, 9.17) is 8.85 Å². The van der Waals surface area contributed by atoms with Crippen LogP contribution < -0.4 is 0 Å². The van der Waals surface area contributed by atoms with Crippen LogP contribution in [0.5, 0.6) is 0 Å². The van der Waals surface area contributed by atoms with Crippen LogP contribution in [-0.4, -0.2) is 12.6 Å². The molecule has 2 aliphatic carbocycles. The van der Waals surface area contributed by atoms with Crippen molar-refractivity contribution in [2.75, 3.05) is 6.61 Å². The Labute approximate surface area is 121 Å². The van der Waals surface area contributed by atoms with Crippen LogP contribution in [0.2, 0.25) is 0 Å². The molecular weight excluding hydrogens is 236 g/mol. The Bertz CT molecular complexity index is 483. The van der Waals surface area contributed by atoms with Gasteiger partial charge in [-0.3, -0.25) is 4.79 Å². The summed E-state index contributed by atoms with van der Waals surface area (Å²) in [6.45, 7) is 6.04. The lowest BCUT2D eigenvalue weighted by Gasteiger charge is -2.56. The molecular formula is C17H28O2. The Kier molecular flexibility index (Phi) is 2.85. The van der Waals surface area contributed by atoms with E-state index in [1.54, 1.807) is 0 Å². The molecule has 4 atom stereocenters. The highest BCUT2D eigenvalue weighted by Crippen LogP contribution is 2.59. The molecule has 0 aromatic rings. The van der Waals surface area contributed by atoms with Gasteiger partial charge in [-0.2, -0.15) is 0 Å². The SMILES string of the molecule is [2H]C([2H])([2H])[C@]1(C)CCC[C@@]2(C)[C@H]1CC=C(C)[C@@H]2COC(C)=O. The van der Waals surface area contributed by atoms with Gasteiger partial charge in [-0.15, -0.1) is 0 Å². The van der Waals surface area contributed by atoms with Crippen molar-refractivity contribution in [3.05, 3.63) is 11.6 Å². The van der Waals surface area contributed by atoms with Crippen LogP contribution in [0.15, 0.2) is 11.6 Å². The van der Waals surface area contributed by atoms with Crippen molar-refractivity contribution in [2.45, 2.75) is 60.2 Å². The van der Waals surface area contributed by atoms with E-state index in [9.17, 15) is 4.79 Å². The summed E-state index contributed by atoms with van der Waals surface area (Å²) in [5.74, 6) is -0.0458. The van der Waals surface area contributed by atoms with Crippen molar-refractivity contribution in [1.29, 1.82) is 0 Å². The average molecular weight is 267 g/mol. The molecule has 2 rings (SSSR count). The molecule has 0 spiro atoms. The van der Waals surface area contributed by atoms with E-state index >= 15 is 0 Å². The third-order valence-corrected chi connectivity index (χ3v) is 5.45. The molecule has 2 heteroatoms. The van der Waals surface area contributed by atoms with Gasteiger partial charge in [0.2, 0.25) is 0 Å². The highest BCUT2D eigenvalue weighted by Gasteiger charge is 2.52. The second kappa shape index (κ2) is 4.96. The summed E-state index contributed by atoms with van der Waals surface area (Å²) in [4.78, 5) is 11.2. The number of hydrogen-bond acceptors (Lipinski definition) is 2. The van der Waals surface area contributed by atoms with Gasteiger partial charge >= 0.3 is 5.97 Å². The van der Waals surface area contributed by atoms with Crippen LogP contribution in [0, 0.1) is 22.7 Å². The van der Waals surface area contributed by atoms with Gasteiger partial charge in [0, 0.05) is 17.0 Å². The summed E-state index contributed by atoms with van der Waals surface area (Å²) in [7, 11) is 0. The Morgan fingerprint density at radius 2 is 2.26 bits per heavy atom. The van der Waals surface area contributed by atoms with Crippen LogP contribution in [0.1, 0.15) is 64.3 Å². The van der Waals surface area contributed by atoms with E-state index in [1.165, 1.54) is 12.5 Å². The van der Waals surface area contributed by atoms with Gasteiger partial charge < -0.3 is 4.74 Å². The van der Waals surface area contributed by atoms with E-state index in [0.717, 1.165) is 25.7 Å². The van der Waals surface area contributed by atoms with E-state index < -0.39 is 12.3 Å². The predicted molar refractivity (Wildman–Crippen MR) is 77.7 cm³/mol. The van der Waals surface area contributed by atoms with Crippen LogP contribution in [0.4, 0.5) is 0 Å². The first kappa shape index (κ1) is 10.9. The van der Waals surface area contributed by atoms with Gasteiger partial charge in [0.05, 0.1) is 6.61 Å². The molecule has 19 heavy (non-hydrogen) atoms. The third-order valence-electron chi connectivity index (χ3n) is 5.45. The maximum absolute atomic E-state index is 11.2. The lowest BCUT2D eigenvalue weighted by Crippen LogP contribution is -2.49. The van der Waals surface area contributed by atoms with Crippen LogP contribution in [-0.2, 0) is 9.53 Å². The molecule has 0 heterocycles. The van der Waals surface area contributed by atoms with Crippen LogP contribution in [0.3, 0.4) is 0 Å². The molecule has 0 N–H and O–H groups in total. The Morgan fingerprint density at radius 1 is 1.53 bits per heavy atom. The summed E-state index contributed by atoms with van der Waals surface area (Å²) in [5, 5.41) is 0. The zero-order valence-corrected chi connectivity index (χ0v) is 12.6. The molecule has 0 saturated heterocycles. The fourth-order valence-corrected chi connectivity index (χ4v) is 4.35. The van der Waals surface area contributed by atoms with Gasteiger partial charge in [-0.1, -0.05) is 38.8 Å². The van der Waals surface area contributed by atoms with E-state index in [1.807, 2.05) is 6.92 Å². The van der Waals surface area contributed by atoms with Gasteiger partial charge in [-0.25, -0.2) is 0 Å². The second-order valence-corrected chi connectivity index (χ2v) is 6.87. The van der Waals surface area contributed by atoms with Crippen LogP contribution in [0.25, 0.3) is 0 Å². The van der Waals surface area contributed by atoms with Crippen molar-refractivity contribution in [2.24, 2.45) is 22.7 Å². The number of fused-ring (bicyclic) bond motifs is 1. The summed E-state index contributed by atoms with van der Waals surface area (Å²) in [6.07, 6.45) is 5.65. The summed E-state index contributed by atoms with van der Waals surface area (Å²) in [6, 6.07) is 0. The van der Waals surface area contributed by atoms with E-state index in [-0.39, 0.29) is 23.2 Å². The number of rotatable bonds is 2. The zero-order valence-electron chi connectivity index (χ0n) is 15.6. The highest BCUT2D eigenvalue weighted by molar-refractivity contribution is 5.65. The molecule has 2 nitrogen and oxygen atoms in total. The molecule has 0 aromatic heterocycles. The van der Waals surface area contributed by atoms with E-state index in [2.05, 4.69) is 19.9 Å². The smallest absolute Gasteiger partial charge is 0.302 e. The van der Waals surface area contributed by atoms with Crippen molar-refractivity contribution in [3.63, 3.8) is 0 Å². The third kappa shape index (κ3) is 2.59. The van der Waals surface area contributed by atoms with Gasteiger partial charge in [-0.05, 0) is 42.9 Å². The van der Waals surface area contributed by atoms with Gasteiger partial charge in [0.25, 0.3) is 0 Å².